The molecule has 0 atom stereocenters. The molecule has 0 spiro atoms. The molecule has 0 radical (unpaired) electrons. The van der Waals surface area contributed by atoms with Gasteiger partial charge in [-0.25, -0.2) is 9.97 Å². The number of ether oxygens (including phenoxy) is 1. The van der Waals surface area contributed by atoms with E-state index < -0.39 is 0 Å². The van der Waals surface area contributed by atoms with E-state index in [9.17, 15) is 0 Å². The summed E-state index contributed by atoms with van der Waals surface area (Å²) in [5.41, 5.74) is 3.25. The molecule has 3 rings (SSSR count). The van der Waals surface area contributed by atoms with Gasteiger partial charge in [-0.2, -0.15) is 0 Å². The Bertz CT molecular complexity index is 656. The van der Waals surface area contributed by atoms with Gasteiger partial charge in [0.2, 0.25) is 0 Å². The SMILES string of the molecule is CCCSc1nc(-c2ccccc2)nc2c1COC(C)(C)C2. The molecule has 4 heteroatoms. The zero-order valence-electron chi connectivity index (χ0n) is 13.4. The molecule has 1 aliphatic heterocycles. The van der Waals surface area contributed by atoms with Crippen LogP contribution in [0, 0.1) is 0 Å². The highest BCUT2D eigenvalue weighted by Gasteiger charge is 2.30. The Morgan fingerprint density at radius 1 is 1.18 bits per heavy atom. The summed E-state index contributed by atoms with van der Waals surface area (Å²) in [4.78, 5) is 9.66. The number of aromatic nitrogens is 2. The number of rotatable bonds is 4. The van der Waals surface area contributed by atoms with E-state index >= 15 is 0 Å². The van der Waals surface area contributed by atoms with Crippen LogP contribution in [0.15, 0.2) is 35.4 Å². The summed E-state index contributed by atoms with van der Waals surface area (Å²) in [5.74, 6) is 1.90. The monoisotopic (exact) mass is 314 g/mol. The van der Waals surface area contributed by atoms with Crippen molar-refractivity contribution < 1.29 is 4.74 Å². The first-order valence-electron chi connectivity index (χ1n) is 7.81. The molecule has 2 heterocycles. The molecule has 0 aliphatic carbocycles. The van der Waals surface area contributed by atoms with Crippen molar-refractivity contribution in [2.75, 3.05) is 5.75 Å². The third-order valence-electron chi connectivity index (χ3n) is 3.73. The van der Waals surface area contributed by atoms with Gasteiger partial charge in [0, 0.05) is 17.5 Å². The molecule has 0 amide bonds. The minimum atomic E-state index is -0.151. The number of benzene rings is 1. The van der Waals surface area contributed by atoms with E-state index in [4.69, 9.17) is 14.7 Å². The Labute approximate surface area is 136 Å². The number of thioether (sulfide) groups is 1. The van der Waals surface area contributed by atoms with Crippen LogP contribution in [0.3, 0.4) is 0 Å². The van der Waals surface area contributed by atoms with Crippen LogP contribution in [0.25, 0.3) is 11.4 Å². The summed E-state index contributed by atoms with van der Waals surface area (Å²) in [6.07, 6.45) is 1.97. The van der Waals surface area contributed by atoms with E-state index in [2.05, 4.69) is 32.9 Å². The Morgan fingerprint density at radius 2 is 1.95 bits per heavy atom. The lowest BCUT2D eigenvalue weighted by Crippen LogP contribution is -2.33. The lowest BCUT2D eigenvalue weighted by atomic mass is 9.96. The maximum atomic E-state index is 5.96. The average molecular weight is 314 g/mol. The highest BCUT2D eigenvalue weighted by atomic mass is 32.2. The van der Waals surface area contributed by atoms with Gasteiger partial charge in [-0.05, 0) is 26.0 Å². The quantitative estimate of drug-likeness (QED) is 0.615. The van der Waals surface area contributed by atoms with Crippen molar-refractivity contribution in [2.45, 2.75) is 50.8 Å². The van der Waals surface area contributed by atoms with Crippen molar-refractivity contribution in [3.8, 4) is 11.4 Å². The number of hydrogen-bond donors (Lipinski definition) is 0. The van der Waals surface area contributed by atoms with E-state index in [1.807, 2.05) is 30.0 Å². The molecular formula is C18H22N2OS. The topological polar surface area (TPSA) is 35.0 Å². The third-order valence-corrected chi connectivity index (χ3v) is 4.95. The van der Waals surface area contributed by atoms with E-state index in [1.165, 1.54) is 5.56 Å². The fourth-order valence-corrected chi connectivity index (χ4v) is 3.45. The van der Waals surface area contributed by atoms with E-state index in [0.717, 1.165) is 40.7 Å². The Hall–Kier alpha value is -1.39. The van der Waals surface area contributed by atoms with Crippen LogP contribution in [0.5, 0.6) is 0 Å². The minimum Gasteiger partial charge on any atom is -0.370 e. The first kappa shape index (κ1) is 15.5. The molecule has 22 heavy (non-hydrogen) atoms. The lowest BCUT2D eigenvalue weighted by molar-refractivity contribution is -0.0428. The van der Waals surface area contributed by atoms with Gasteiger partial charge in [0.05, 0.1) is 17.9 Å². The van der Waals surface area contributed by atoms with Crippen LogP contribution in [-0.2, 0) is 17.8 Å². The van der Waals surface area contributed by atoms with Crippen molar-refractivity contribution in [1.29, 1.82) is 0 Å². The summed E-state index contributed by atoms with van der Waals surface area (Å²) in [6, 6.07) is 10.2. The fourth-order valence-electron chi connectivity index (χ4n) is 2.55. The summed E-state index contributed by atoms with van der Waals surface area (Å²) in [6.45, 7) is 7.06. The largest absolute Gasteiger partial charge is 0.370 e. The number of nitrogens with zero attached hydrogens (tertiary/aromatic N) is 2. The molecule has 0 bridgehead atoms. The van der Waals surface area contributed by atoms with Crippen LogP contribution in [0.1, 0.15) is 38.4 Å². The van der Waals surface area contributed by atoms with E-state index in [1.54, 1.807) is 0 Å². The second-order valence-corrected chi connectivity index (χ2v) is 7.30. The average Bonchev–Trinajstić information content (AvgIpc) is 2.52. The van der Waals surface area contributed by atoms with Crippen LogP contribution in [-0.4, -0.2) is 21.3 Å². The van der Waals surface area contributed by atoms with Crippen molar-refractivity contribution >= 4 is 11.8 Å². The predicted molar refractivity (Wildman–Crippen MR) is 91.1 cm³/mol. The number of hydrogen-bond acceptors (Lipinski definition) is 4. The molecule has 3 nitrogen and oxygen atoms in total. The van der Waals surface area contributed by atoms with Gasteiger partial charge in [0.15, 0.2) is 5.82 Å². The van der Waals surface area contributed by atoms with Gasteiger partial charge in [0.1, 0.15) is 5.03 Å². The van der Waals surface area contributed by atoms with Gasteiger partial charge in [-0.3, -0.25) is 0 Å². The summed E-state index contributed by atoms with van der Waals surface area (Å²) in [5, 5.41) is 1.08. The summed E-state index contributed by atoms with van der Waals surface area (Å²) < 4.78 is 5.96. The number of fused-ring (bicyclic) bond motifs is 1. The molecule has 2 aromatic rings. The molecule has 0 N–H and O–H groups in total. The molecule has 1 aromatic carbocycles. The van der Waals surface area contributed by atoms with Crippen LogP contribution >= 0.6 is 11.8 Å². The molecule has 0 fully saturated rings. The highest BCUT2D eigenvalue weighted by molar-refractivity contribution is 7.99. The molecule has 0 saturated heterocycles. The van der Waals surface area contributed by atoms with Gasteiger partial charge < -0.3 is 4.74 Å². The van der Waals surface area contributed by atoms with Crippen LogP contribution in [0.4, 0.5) is 0 Å². The predicted octanol–water partition coefficient (Wildman–Crippen LogP) is 4.50. The Balaban J connectivity index is 2.05. The van der Waals surface area contributed by atoms with Crippen molar-refractivity contribution in [1.82, 2.24) is 9.97 Å². The molecular weight excluding hydrogens is 292 g/mol. The molecule has 0 unspecified atom stereocenters. The molecule has 0 saturated carbocycles. The molecule has 1 aromatic heterocycles. The first-order valence-corrected chi connectivity index (χ1v) is 8.79. The van der Waals surface area contributed by atoms with Gasteiger partial charge >= 0.3 is 0 Å². The molecule has 1 aliphatic rings. The third kappa shape index (κ3) is 3.33. The lowest BCUT2D eigenvalue weighted by Gasteiger charge is -2.32. The highest BCUT2D eigenvalue weighted by Crippen LogP contribution is 2.34. The smallest absolute Gasteiger partial charge is 0.160 e. The van der Waals surface area contributed by atoms with Crippen molar-refractivity contribution in [3.63, 3.8) is 0 Å². The van der Waals surface area contributed by atoms with Crippen molar-refractivity contribution in [2.24, 2.45) is 0 Å². The van der Waals surface area contributed by atoms with Gasteiger partial charge in [0.25, 0.3) is 0 Å². The minimum absolute atomic E-state index is 0.151. The standard InChI is InChI=1S/C18H22N2OS/c1-4-10-22-17-14-12-21-18(2,3)11-15(14)19-16(20-17)13-8-6-5-7-9-13/h5-9H,4,10-12H2,1-3H3. The molecule has 116 valence electrons. The normalized spacial score (nSPS) is 16.3. The van der Waals surface area contributed by atoms with Gasteiger partial charge in [-0.15, -0.1) is 11.8 Å². The zero-order valence-corrected chi connectivity index (χ0v) is 14.2. The van der Waals surface area contributed by atoms with Gasteiger partial charge in [-0.1, -0.05) is 37.3 Å². The summed E-state index contributed by atoms with van der Waals surface area (Å²) in [7, 11) is 0. The maximum absolute atomic E-state index is 5.96. The Morgan fingerprint density at radius 3 is 2.68 bits per heavy atom. The van der Waals surface area contributed by atoms with E-state index in [0.29, 0.717) is 6.61 Å². The second-order valence-electron chi connectivity index (χ2n) is 6.22. The zero-order chi connectivity index (χ0) is 15.6. The van der Waals surface area contributed by atoms with Crippen LogP contribution in [0.2, 0.25) is 0 Å². The van der Waals surface area contributed by atoms with Crippen molar-refractivity contribution in [3.05, 3.63) is 41.6 Å². The van der Waals surface area contributed by atoms with Crippen LogP contribution < -0.4 is 0 Å². The maximum Gasteiger partial charge on any atom is 0.160 e. The first-order chi connectivity index (χ1) is 10.6. The Kier molecular flexibility index (Phi) is 4.50. The summed E-state index contributed by atoms with van der Waals surface area (Å²) >= 11 is 1.81. The second kappa shape index (κ2) is 6.39. The fraction of sp³-hybridized carbons (Fsp3) is 0.444. The van der Waals surface area contributed by atoms with E-state index in [-0.39, 0.29) is 5.60 Å².